The molecule has 1 rings (SSSR count). The van der Waals surface area contributed by atoms with Gasteiger partial charge in [-0.25, -0.2) is 13.6 Å². The molecule has 14 heavy (non-hydrogen) atoms. The summed E-state index contributed by atoms with van der Waals surface area (Å²) in [7, 11) is -3.50. The van der Waals surface area contributed by atoms with Crippen LogP contribution in [0.25, 0.3) is 0 Å². The van der Waals surface area contributed by atoms with Crippen LogP contribution >= 0.6 is 0 Å². The van der Waals surface area contributed by atoms with Crippen molar-refractivity contribution in [1.29, 1.82) is 0 Å². The zero-order valence-corrected chi connectivity index (χ0v) is 9.32. The van der Waals surface area contributed by atoms with Crippen LogP contribution in [-0.4, -0.2) is 23.4 Å². The average Bonchev–Trinajstić information content (AvgIpc) is 2.47. The molecule has 80 valence electrons. The van der Waals surface area contributed by atoms with Crippen LogP contribution in [0.2, 0.25) is 0 Å². The molecule has 2 atom stereocenters. The second-order valence-corrected chi connectivity index (χ2v) is 5.45. The van der Waals surface area contributed by atoms with Gasteiger partial charge < -0.3 is 0 Å². The number of aryl methyl sites for hydroxylation is 1. The Morgan fingerprint density at radius 1 is 1.50 bits per heavy atom. The molecule has 0 fully saturated rings. The summed E-state index contributed by atoms with van der Waals surface area (Å²) >= 11 is 0. The van der Waals surface area contributed by atoms with Crippen molar-refractivity contribution < 1.29 is 8.42 Å². The molecule has 0 radical (unpaired) electrons. The molecule has 0 saturated heterocycles. The average molecular weight is 217 g/mol. The molecule has 1 aromatic rings. The van der Waals surface area contributed by atoms with E-state index in [-0.39, 0.29) is 6.04 Å². The van der Waals surface area contributed by atoms with Crippen LogP contribution < -0.4 is 5.14 Å². The summed E-state index contributed by atoms with van der Waals surface area (Å²) in [4.78, 5) is 0. The van der Waals surface area contributed by atoms with Crippen LogP contribution in [0.5, 0.6) is 0 Å². The largest absolute Gasteiger partial charge is 0.268 e. The molecule has 1 aromatic heterocycles. The number of primary sulfonamides is 1. The molecule has 0 unspecified atom stereocenters. The minimum Gasteiger partial charge on any atom is -0.268 e. The smallest absolute Gasteiger partial charge is 0.213 e. The third-order valence-electron chi connectivity index (χ3n) is 2.35. The lowest BCUT2D eigenvalue weighted by Crippen LogP contribution is -2.33. The molecule has 2 N–H and O–H groups in total. The van der Waals surface area contributed by atoms with Gasteiger partial charge in [-0.1, -0.05) is 0 Å². The second kappa shape index (κ2) is 3.70. The van der Waals surface area contributed by atoms with E-state index in [9.17, 15) is 8.42 Å². The summed E-state index contributed by atoms with van der Waals surface area (Å²) in [6.45, 7) is 5.26. The lowest BCUT2D eigenvalue weighted by molar-refractivity contribution is 0.465. The van der Waals surface area contributed by atoms with Gasteiger partial charge in [0, 0.05) is 6.20 Å². The van der Waals surface area contributed by atoms with E-state index in [4.69, 9.17) is 5.14 Å². The van der Waals surface area contributed by atoms with Crippen molar-refractivity contribution in [3.63, 3.8) is 0 Å². The molecule has 1 heterocycles. The SMILES string of the molecule is Cc1cnn([C@@H](C)[C@@H](C)S(N)(=O)=O)c1. The van der Waals surface area contributed by atoms with E-state index in [0.29, 0.717) is 0 Å². The van der Waals surface area contributed by atoms with E-state index in [0.717, 1.165) is 5.56 Å². The second-order valence-electron chi connectivity index (χ2n) is 3.53. The van der Waals surface area contributed by atoms with Gasteiger partial charge in [0.1, 0.15) is 0 Å². The number of nitrogens with two attached hydrogens (primary N) is 1. The Bertz CT molecular complexity index is 410. The zero-order valence-electron chi connectivity index (χ0n) is 8.51. The minimum absolute atomic E-state index is 0.251. The molecule has 0 aliphatic heterocycles. The van der Waals surface area contributed by atoms with Gasteiger partial charge in [0.15, 0.2) is 0 Å². The Kier molecular flexibility index (Phi) is 2.96. The predicted molar refractivity (Wildman–Crippen MR) is 54.2 cm³/mol. The van der Waals surface area contributed by atoms with E-state index >= 15 is 0 Å². The molecule has 5 nitrogen and oxygen atoms in total. The van der Waals surface area contributed by atoms with Gasteiger partial charge in [-0.2, -0.15) is 5.10 Å². The summed E-state index contributed by atoms with van der Waals surface area (Å²) < 4.78 is 23.8. The van der Waals surface area contributed by atoms with Gasteiger partial charge in [-0.05, 0) is 26.3 Å². The lowest BCUT2D eigenvalue weighted by Gasteiger charge is -2.18. The molecule has 0 bridgehead atoms. The normalized spacial score (nSPS) is 16.6. The highest BCUT2D eigenvalue weighted by atomic mass is 32.2. The molecule has 0 aliphatic carbocycles. The van der Waals surface area contributed by atoms with E-state index < -0.39 is 15.3 Å². The monoisotopic (exact) mass is 217 g/mol. The molecule has 0 spiro atoms. The highest BCUT2D eigenvalue weighted by molar-refractivity contribution is 7.89. The standard InChI is InChI=1S/C8H15N3O2S/c1-6-4-10-11(5-6)7(2)8(3)14(9,12)13/h4-5,7-8H,1-3H3,(H2,9,12,13)/t7-,8+/m0/s1. The highest BCUT2D eigenvalue weighted by Crippen LogP contribution is 2.15. The Morgan fingerprint density at radius 2 is 2.07 bits per heavy atom. The summed E-state index contributed by atoms with van der Waals surface area (Å²) in [6.07, 6.45) is 3.48. The third-order valence-corrected chi connectivity index (χ3v) is 3.78. The van der Waals surface area contributed by atoms with Crippen molar-refractivity contribution in [2.45, 2.75) is 32.1 Å². The Morgan fingerprint density at radius 3 is 2.43 bits per heavy atom. The zero-order chi connectivity index (χ0) is 10.9. The van der Waals surface area contributed by atoms with Gasteiger partial charge in [-0.3, -0.25) is 4.68 Å². The molecular weight excluding hydrogens is 202 g/mol. The number of rotatable bonds is 3. The fraction of sp³-hybridized carbons (Fsp3) is 0.625. The third kappa shape index (κ3) is 2.33. The maximum Gasteiger partial charge on any atom is 0.213 e. The first kappa shape index (κ1) is 11.2. The van der Waals surface area contributed by atoms with Gasteiger partial charge >= 0.3 is 0 Å². The van der Waals surface area contributed by atoms with Gasteiger partial charge in [0.25, 0.3) is 0 Å². The number of aromatic nitrogens is 2. The summed E-state index contributed by atoms with van der Waals surface area (Å²) in [5.41, 5.74) is 0.999. The lowest BCUT2D eigenvalue weighted by atomic mass is 10.2. The maximum atomic E-state index is 11.1. The van der Waals surface area contributed by atoms with Gasteiger partial charge in [-0.15, -0.1) is 0 Å². The Labute approximate surface area is 84.0 Å². The number of hydrogen-bond acceptors (Lipinski definition) is 3. The van der Waals surface area contributed by atoms with E-state index in [1.165, 1.54) is 0 Å². The fourth-order valence-electron chi connectivity index (χ4n) is 1.15. The predicted octanol–water partition coefficient (Wildman–Crippen LogP) is 0.430. The molecule has 6 heteroatoms. The topological polar surface area (TPSA) is 78.0 Å². The molecular formula is C8H15N3O2S. The van der Waals surface area contributed by atoms with E-state index in [2.05, 4.69) is 5.10 Å². The van der Waals surface area contributed by atoms with Gasteiger partial charge in [0.05, 0.1) is 17.5 Å². The van der Waals surface area contributed by atoms with E-state index in [1.54, 1.807) is 30.9 Å². The van der Waals surface area contributed by atoms with Crippen LogP contribution in [0.3, 0.4) is 0 Å². The van der Waals surface area contributed by atoms with Crippen LogP contribution in [0, 0.1) is 6.92 Å². The van der Waals surface area contributed by atoms with Crippen LogP contribution in [0.1, 0.15) is 25.5 Å². The molecule has 0 amide bonds. The van der Waals surface area contributed by atoms with Gasteiger partial charge in [0.2, 0.25) is 10.0 Å². The number of sulfonamides is 1. The highest BCUT2D eigenvalue weighted by Gasteiger charge is 2.24. The van der Waals surface area contributed by atoms with Crippen molar-refractivity contribution >= 4 is 10.0 Å². The summed E-state index contributed by atoms with van der Waals surface area (Å²) in [5.74, 6) is 0. The minimum atomic E-state index is -3.50. The van der Waals surface area contributed by atoms with Crippen LogP contribution in [0.15, 0.2) is 12.4 Å². The molecule has 0 saturated carbocycles. The van der Waals surface area contributed by atoms with Crippen molar-refractivity contribution in [3.8, 4) is 0 Å². The first-order valence-corrected chi connectivity index (χ1v) is 5.95. The van der Waals surface area contributed by atoms with Crippen LogP contribution in [-0.2, 0) is 10.0 Å². The Balaban J connectivity index is 2.91. The summed E-state index contributed by atoms with van der Waals surface area (Å²) in [5, 5.41) is 8.46. The number of hydrogen-bond donors (Lipinski definition) is 1. The van der Waals surface area contributed by atoms with Crippen molar-refractivity contribution in [2.75, 3.05) is 0 Å². The molecule has 0 aliphatic rings. The number of nitrogens with zero attached hydrogens (tertiary/aromatic N) is 2. The van der Waals surface area contributed by atoms with E-state index in [1.807, 2.05) is 6.92 Å². The van der Waals surface area contributed by atoms with Crippen molar-refractivity contribution in [3.05, 3.63) is 18.0 Å². The fourth-order valence-corrected chi connectivity index (χ4v) is 1.82. The van der Waals surface area contributed by atoms with Crippen LogP contribution in [0.4, 0.5) is 0 Å². The molecule has 0 aromatic carbocycles. The van der Waals surface area contributed by atoms with Crippen molar-refractivity contribution in [1.82, 2.24) is 9.78 Å². The first-order valence-electron chi connectivity index (χ1n) is 4.34. The van der Waals surface area contributed by atoms with Crippen molar-refractivity contribution in [2.24, 2.45) is 5.14 Å². The quantitative estimate of drug-likeness (QED) is 0.797. The Hall–Kier alpha value is -0.880. The summed E-state index contributed by atoms with van der Waals surface area (Å²) in [6, 6.07) is -0.251. The first-order chi connectivity index (χ1) is 6.32. The maximum absolute atomic E-state index is 11.1.